The molecule has 1 fully saturated rings. The molecule has 0 radical (unpaired) electrons. The van der Waals surface area contributed by atoms with E-state index in [0.29, 0.717) is 6.54 Å². The maximum absolute atomic E-state index is 11.8. The summed E-state index contributed by atoms with van der Waals surface area (Å²) in [7, 11) is 0. The molecule has 3 N–H and O–H groups in total. The first-order valence-corrected chi connectivity index (χ1v) is 6.73. The summed E-state index contributed by atoms with van der Waals surface area (Å²) in [5, 5.41) is 11.6. The van der Waals surface area contributed by atoms with Crippen molar-refractivity contribution in [2.45, 2.75) is 38.5 Å². The van der Waals surface area contributed by atoms with Crippen LogP contribution in [0.1, 0.15) is 59.5 Å². The average molecular weight is 265 g/mol. The topological polar surface area (TPSA) is 95.1 Å². The summed E-state index contributed by atoms with van der Waals surface area (Å²) in [6.07, 6.45) is 8.54. The summed E-state index contributed by atoms with van der Waals surface area (Å²) in [6, 6.07) is 0. The van der Waals surface area contributed by atoms with Gasteiger partial charge in [0.2, 0.25) is 0 Å². The van der Waals surface area contributed by atoms with Gasteiger partial charge in [-0.15, -0.1) is 0 Å². The van der Waals surface area contributed by atoms with Gasteiger partial charge in [0.1, 0.15) is 0 Å². The van der Waals surface area contributed by atoms with Gasteiger partial charge >= 0.3 is 5.97 Å². The van der Waals surface area contributed by atoms with Crippen LogP contribution >= 0.6 is 0 Å². The number of carboxylic acid groups (broad SMARTS) is 1. The number of hydrogen-bond donors (Lipinski definition) is 3. The first-order chi connectivity index (χ1) is 9.18. The first kappa shape index (κ1) is 13.6. The zero-order chi connectivity index (χ0) is 13.7. The van der Waals surface area contributed by atoms with Gasteiger partial charge in [0.25, 0.3) is 5.91 Å². The van der Waals surface area contributed by atoms with Crippen LogP contribution in [0.3, 0.4) is 0 Å². The van der Waals surface area contributed by atoms with Gasteiger partial charge in [-0.3, -0.25) is 4.79 Å². The Morgan fingerprint density at radius 1 is 1.42 bits per heavy atom. The second-order valence-corrected chi connectivity index (χ2v) is 4.98. The molecule has 1 aromatic heterocycles. The number of rotatable bonds is 6. The maximum Gasteiger partial charge on any atom is 0.354 e. The average Bonchev–Trinajstić information content (AvgIpc) is 3.04. The van der Waals surface area contributed by atoms with Gasteiger partial charge in [0.05, 0.1) is 6.33 Å². The molecular weight excluding hydrogens is 246 g/mol. The van der Waals surface area contributed by atoms with Gasteiger partial charge in [-0.05, 0) is 18.8 Å². The molecule has 0 aliphatic heterocycles. The second-order valence-electron chi connectivity index (χ2n) is 4.98. The van der Waals surface area contributed by atoms with Crippen LogP contribution < -0.4 is 5.32 Å². The molecule has 1 heterocycles. The van der Waals surface area contributed by atoms with Gasteiger partial charge < -0.3 is 15.4 Å². The number of carbonyl (C=O) groups is 2. The van der Waals surface area contributed by atoms with E-state index in [4.69, 9.17) is 5.11 Å². The molecule has 1 aromatic rings. The molecule has 0 aromatic carbocycles. The normalized spacial score (nSPS) is 15.6. The predicted molar refractivity (Wildman–Crippen MR) is 69.1 cm³/mol. The molecule has 1 aliphatic carbocycles. The molecule has 19 heavy (non-hydrogen) atoms. The third-order valence-corrected chi connectivity index (χ3v) is 3.62. The Morgan fingerprint density at radius 3 is 2.84 bits per heavy atom. The maximum atomic E-state index is 11.8. The minimum absolute atomic E-state index is 0.0478. The molecule has 0 bridgehead atoms. The van der Waals surface area contributed by atoms with E-state index in [1.165, 1.54) is 32.0 Å². The van der Waals surface area contributed by atoms with E-state index in [-0.39, 0.29) is 11.4 Å². The van der Waals surface area contributed by atoms with Crippen molar-refractivity contribution in [3.8, 4) is 0 Å². The molecule has 104 valence electrons. The number of hydrogen-bond acceptors (Lipinski definition) is 3. The number of aromatic nitrogens is 2. The number of H-pyrrole nitrogens is 1. The van der Waals surface area contributed by atoms with Crippen LogP contribution in [0.25, 0.3) is 0 Å². The fraction of sp³-hybridized carbons (Fsp3) is 0.615. The van der Waals surface area contributed by atoms with E-state index >= 15 is 0 Å². The first-order valence-electron chi connectivity index (χ1n) is 6.73. The third kappa shape index (κ3) is 3.56. The molecule has 1 aliphatic rings. The molecule has 1 saturated carbocycles. The highest BCUT2D eigenvalue weighted by atomic mass is 16.4. The fourth-order valence-corrected chi connectivity index (χ4v) is 2.60. The largest absolute Gasteiger partial charge is 0.477 e. The van der Waals surface area contributed by atoms with Gasteiger partial charge in [-0.2, -0.15) is 0 Å². The molecule has 0 saturated heterocycles. The number of carbonyl (C=O) groups excluding carboxylic acids is 1. The zero-order valence-corrected chi connectivity index (χ0v) is 10.8. The number of imidazole rings is 1. The SMILES string of the molecule is O=C(NCCCC1CCCC1)c1nc[nH]c1C(=O)O. The lowest BCUT2D eigenvalue weighted by Crippen LogP contribution is -2.26. The Hall–Kier alpha value is -1.85. The Kier molecular flexibility index (Phi) is 4.54. The number of carboxylic acids is 1. The number of aromatic amines is 1. The van der Waals surface area contributed by atoms with Crippen molar-refractivity contribution in [2.75, 3.05) is 6.54 Å². The molecule has 6 heteroatoms. The molecule has 2 rings (SSSR count). The lowest BCUT2D eigenvalue weighted by atomic mass is 10.0. The van der Waals surface area contributed by atoms with Crippen LogP contribution in [0.2, 0.25) is 0 Å². The van der Waals surface area contributed by atoms with Crippen molar-refractivity contribution in [1.29, 1.82) is 0 Å². The minimum Gasteiger partial charge on any atom is -0.477 e. The molecule has 1 amide bonds. The van der Waals surface area contributed by atoms with Crippen LogP contribution in [0, 0.1) is 5.92 Å². The Labute approximate surface area is 111 Å². The summed E-state index contributed by atoms with van der Waals surface area (Å²) in [5.74, 6) is -0.796. The summed E-state index contributed by atoms with van der Waals surface area (Å²) in [6.45, 7) is 0.571. The second kappa shape index (κ2) is 6.36. The van der Waals surface area contributed by atoms with Crippen molar-refractivity contribution >= 4 is 11.9 Å². The Bertz CT molecular complexity index is 450. The highest BCUT2D eigenvalue weighted by Gasteiger charge is 2.19. The zero-order valence-electron chi connectivity index (χ0n) is 10.8. The van der Waals surface area contributed by atoms with Crippen molar-refractivity contribution in [1.82, 2.24) is 15.3 Å². The summed E-state index contributed by atoms with van der Waals surface area (Å²) in [5.41, 5.74) is -0.207. The summed E-state index contributed by atoms with van der Waals surface area (Å²) in [4.78, 5) is 28.8. The lowest BCUT2D eigenvalue weighted by Gasteiger charge is -2.08. The van der Waals surface area contributed by atoms with E-state index in [0.717, 1.165) is 18.8 Å². The highest BCUT2D eigenvalue weighted by Crippen LogP contribution is 2.28. The van der Waals surface area contributed by atoms with Crippen LogP contribution in [0.4, 0.5) is 0 Å². The minimum atomic E-state index is -1.17. The molecule has 6 nitrogen and oxygen atoms in total. The Balaban J connectivity index is 1.74. The van der Waals surface area contributed by atoms with E-state index < -0.39 is 11.9 Å². The number of aromatic carboxylic acids is 1. The molecule has 0 atom stereocenters. The smallest absolute Gasteiger partial charge is 0.354 e. The van der Waals surface area contributed by atoms with Crippen LogP contribution in [-0.4, -0.2) is 33.5 Å². The van der Waals surface area contributed by atoms with E-state index in [9.17, 15) is 9.59 Å². The van der Waals surface area contributed by atoms with Gasteiger partial charge in [0, 0.05) is 6.54 Å². The van der Waals surface area contributed by atoms with Gasteiger partial charge in [0.15, 0.2) is 11.4 Å². The van der Waals surface area contributed by atoms with Crippen LogP contribution in [0.15, 0.2) is 6.33 Å². The van der Waals surface area contributed by atoms with Crippen molar-refractivity contribution in [2.24, 2.45) is 5.92 Å². The summed E-state index contributed by atoms with van der Waals surface area (Å²) >= 11 is 0. The van der Waals surface area contributed by atoms with Gasteiger partial charge in [-0.25, -0.2) is 9.78 Å². The molecular formula is C13H19N3O3. The molecule has 0 unspecified atom stereocenters. The van der Waals surface area contributed by atoms with E-state index in [2.05, 4.69) is 15.3 Å². The van der Waals surface area contributed by atoms with Crippen molar-refractivity contribution in [3.63, 3.8) is 0 Å². The van der Waals surface area contributed by atoms with Crippen molar-refractivity contribution < 1.29 is 14.7 Å². The Morgan fingerprint density at radius 2 is 2.16 bits per heavy atom. The van der Waals surface area contributed by atoms with Gasteiger partial charge in [-0.1, -0.05) is 25.7 Å². The van der Waals surface area contributed by atoms with Crippen LogP contribution in [-0.2, 0) is 0 Å². The van der Waals surface area contributed by atoms with E-state index in [1.54, 1.807) is 0 Å². The number of amides is 1. The molecule has 0 spiro atoms. The predicted octanol–water partition coefficient (Wildman–Crippen LogP) is 1.81. The highest BCUT2D eigenvalue weighted by molar-refractivity contribution is 6.02. The monoisotopic (exact) mass is 265 g/mol. The third-order valence-electron chi connectivity index (χ3n) is 3.62. The summed E-state index contributed by atoms with van der Waals surface area (Å²) < 4.78 is 0. The number of nitrogens with one attached hydrogen (secondary N) is 2. The standard InChI is InChI=1S/C13H19N3O3/c17-12(10-11(13(18)19)16-8-15-10)14-7-3-6-9-4-1-2-5-9/h8-9H,1-7H2,(H,14,17)(H,15,16)(H,18,19). The number of nitrogens with zero attached hydrogens (tertiary/aromatic N) is 1. The quantitative estimate of drug-likeness (QED) is 0.683. The van der Waals surface area contributed by atoms with Crippen molar-refractivity contribution in [3.05, 3.63) is 17.7 Å². The lowest BCUT2D eigenvalue weighted by molar-refractivity contribution is 0.0685. The fourth-order valence-electron chi connectivity index (χ4n) is 2.60. The van der Waals surface area contributed by atoms with Crippen LogP contribution in [0.5, 0.6) is 0 Å². The van der Waals surface area contributed by atoms with E-state index in [1.807, 2.05) is 0 Å².